The van der Waals surface area contributed by atoms with Crippen LogP contribution in [0.5, 0.6) is 0 Å². The molecular weight excluding hydrogens is 282 g/mol. The second-order valence-corrected chi connectivity index (χ2v) is 6.92. The number of piperazine rings is 1. The van der Waals surface area contributed by atoms with Crippen LogP contribution in [0.15, 0.2) is 24.4 Å². The third-order valence-corrected chi connectivity index (χ3v) is 5.00. The Morgan fingerprint density at radius 1 is 1.09 bits per heavy atom. The maximum absolute atomic E-state index is 3.43. The van der Waals surface area contributed by atoms with Crippen molar-refractivity contribution in [2.75, 3.05) is 32.7 Å². The molecule has 126 valence electrons. The first kappa shape index (κ1) is 16.5. The number of rotatable bonds is 7. The number of fused-ring (bicyclic) bond motifs is 1. The molecule has 0 radical (unpaired) electrons. The number of unbranched alkanes of at least 4 members (excludes halogenated alkanes) is 1. The van der Waals surface area contributed by atoms with Crippen LogP contribution in [0, 0.1) is 6.92 Å². The molecule has 0 bridgehead atoms. The minimum atomic E-state index is 1.15. The first-order valence-electron chi connectivity index (χ1n) is 9.29. The molecule has 3 rings (SSSR count). The average molecular weight is 313 g/mol. The van der Waals surface area contributed by atoms with Crippen LogP contribution in [-0.2, 0) is 13.0 Å². The lowest BCUT2D eigenvalue weighted by atomic mass is 10.1. The third-order valence-electron chi connectivity index (χ3n) is 5.00. The van der Waals surface area contributed by atoms with E-state index in [1.54, 1.807) is 0 Å². The molecular formula is C20H31N3. The van der Waals surface area contributed by atoms with Crippen molar-refractivity contribution in [3.63, 3.8) is 0 Å². The van der Waals surface area contributed by atoms with Crippen LogP contribution in [0.1, 0.15) is 37.3 Å². The van der Waals surface area contributed by atoms with Gasteiger partial charge in [0.2, 0.25) is 0 Å². The molecule has 1 saturated heterocycles. The maximum Gasteiger partial charge on any atom is 0.0483 e. The number of aryl methyl sites for hydroxylation is 3. The first-order chi connectivity index (χ1) is 11.3. The lowest BCUT2D eigenvalue weighted by Gasteiger charge is -2.26. The molecule has 2 aromatic rings. The van der Waals surface area contributed by atoms with Gasteiger partial charge in [-0.25, -0.2) is 0 Å². The van der Waals surface area contributed by atoms with Crippen molar-refractivity contribution in [3.05, 3.63) is 35.5 Å². The molecule has 0 unspecified atom stereocenters. The Morgan fingerprint density at radius 3 is 2.70 bits per heavy atom. The zero-order valence-corrected chi connectivity index (χ0v) is 14.8. The van der Waals surface area contributed by atoms with E-state index in [0.717, 1.165) is 19.6 Å². The fourth-order valence-electron chi connectivity index (χ4n) is 3.63. The quantitative estimate of drug-likeness (QED) is 0.843. The van der Waals surface area contributed by atoms with Crippen molar-refractivity contribution in [1.29, 1.82) is 0 Å². The summed E-state index contributed by atoms with van der Waals surface area (Å²) in [5.41, 5.74) is 4.32. The Morgan fingerprint density at radius 2 is 1.91 bits per heavy atom. The third kappa shape index (κ3) is 4.15. The monoisotopic (exact) mass is 313 g/mol. The van der Waals surface area contributed by atoms with Crippen molar-refractivity contribution in [1.82, 2.24) is 14.8 Å². The van der Waals surface area contributed by atoms with E-state index in [1.807, 2.05) is 0 Å². The molecule has 0 saturated carbocycles. The number of nitrogens with zero attached hydrogens (tertiary/aromatic N) is 2. The highest BCUT2D eigenvalue weighted by atomic mass is 15.2. The fraction of sp³-hybridized carbons (Fsp3) is 0.600. The van der Waals surface area contributed by atoms with Crippen molar-refractivity contribution in [2.24, 2.45) is 0 Å². The summed E-state index contributed by atoms with van der Waals surface area (Å²) in [4.78, 5) is 2.60. The molecule has 1 fully saturated rings. The van der Waals surface area contributed by atoms with Gasteiger partial charge in [-0.3, -0.25) is 0 Å². The zero-order chi connectivity index (χ0) is 16.1. The van der Waals surface area contributed by atoms with Crippen LogP contribution in [0.2, 0.25) is 0 Å². The van der Waals surface area contributed by atoms with E-state index in [1.165, 1.54) is 67.3 Å². The number of hydrogen-bond donors (Lipinski definition) is 1. The number of aromatic nitrogens is 1. The Hall–Kier alpha value is -1.32. The Labute approximate surface area is 140 Å². The molecule has 3 heteroatoms. The largest absolute Gasteiger partial charge is 0.347 e. The molecule has 1 aliphatic heterocycles. The number of nitrogens with one attached hydrogen (secondary N) is 1. The number of benzene rings is 1. The Bertz CT molecular complexity index is 623. The lowest BCUT2D eigenvalue weighted by molar-refractivity contribution is 0.238. The minimum absolute atomic E-state index is 1.15. The van der Waals surface area contributed by atoms with Gasteiger partial charge >= 0.3 is 0 Å². The van der Waals surface area contributed by atoms with Gasteiger partial charge < -0.3 is 14.8 Å². The van der Waals surface area contributed by atoms with E-state index in [9.17, 15) is 0 Å². The topological polar surface area (TPSA) is 20.2 Å². The molecule has 1 aromatic carbocycles. The minimum Gasteiger partial charge on any atom is -0.347 e. The molecule has 1 N–H and O–H groups in total. The molecule has 0 amide bonds. The van der Waals surface area contributed by atoms with Gasteiger partial charge in [-0.05, 0) is 50.4 Å². The van der Waals surface area contributed by atoms with Gasteiger partial charge in [-0.2, -0.15) is 0 Å². The summed E-state index contributed by atoms with van der Waals surface area (Å²) in [6.45, 7) is 11.6. The molecule has 3 nitrogen and oxygen atoms in total. The van der Waals surface area contributed by atoms with Crippen molar-refractivity contribution in [2.45, 2.75) is 46.1 Å². The van der Waals surface area contributed by atoms with Gasteiger partial charge in [0.05, 0.1) is 0 Å². The standard InChI is InChI=1S/C20H31N3/c1-3-4-12-23-16-18(19-15-17(2)7-8-20(19)23)6-5-11-22-13-9-21-10-14-22/h7-8,15-16,21H,3-6,9-14H2,1-2H3. The highest BCUT2D eigenvalue weighted by Crippen LogP contribution is 2.24. The predicted molar refractivity (Wildman–Crippen MR) is 99.2 cm³/mol. The van der Waals surface area contributed by atoms with E-state index < -0.39 is 0 Å². The lowest BCUT2D eigenvalue weighted by Crippen LogP contribution is -2.43. The van der Waals surface area contributed by atoms with E-state index in [4.69, 9.17) is 0 Å². The molecule has 23 heavy (non-hydrogen) atoms. The Kier molecular flexibility index (Phi) is 5.74. The van der Waals surface area contributed by atoms with Gasteiger partial charge in [0.1, 0.15) is 0 Å². The maximum atomic E-state index is 3.43. The molecule has 0 aliphatic carbocycles. The molecule has 1 aliphatic rings. The zero-order valence-electron chi connectivity index (χ0n) is 14.8. The summed E-state index contributed by atoms with van der Waals surface area (Å²) in [6.07, 6.45) is 7.39. The van der Waals surface area contributed by atoms with E-state index in [2.05, 4.69) is 53.0 Å². The summed E-state index contributed by atoms with van der Waals surface area (Å²) >= 11 is 0. The first-order valence-corrected chi connectivity index (χ1v) is 9.29. The van der Waals surface area contributed by atoms with E-state index >= 15 is 0 Å². The average Bonchev–Trinajstić information content (AvgIpc) is 2.91. The van der Waals surface area contributed by atoms with Crippen LogP contribution in [0.25, 0.3) is 10.9 Å². The van der Waals surface area contributed by atoms with E-state index in [-0.39, 0.29) is 0 Å². The predicted octanol–water partition coefficient (Wildman–Crippen LogP) is 3.59. The van der Waals surface area contributed by atoms with Crippen LogP contribution in [-0.4, -0.2) is 42.2 Å². The second-order valence-electron chi connectivity index (χ2n) is 6.92. The summed E-state index contributed by atoms with van der Waals surface area (Å²) < 4.78 is 2.47. The molecule has 1 aromatic heterocycles. The van der Waals surface area contributed by atoms with Crippen LogP contribution >= 0.6 is 0 Å². The van der Waals surface area contributed by atoms with Gasteiger partial charge in [0.15, 0.2) is 0 Å². The molecule has 0 spiro atoms. The van der Waals surface area contributed by atoms with Crippen molar-refractivity contribution >= 4 is 10.9 Å². The van der Waals surface area contributed by atoms with Crippen LogP contribution in [0.3, 0.4) is 0 Å². The van der Waals surface area contributed by atoms with E-state index in [0.29, 0.717) is 0 Å². The van der Waals surface area contributed by atoms with Crippen molar-refractivity contribution in [3.8, 4) is 0 Å². The summed E-state index contributed by atoms with van der Waals surface area (Å²) in [7, 11) is 0. The Balaban J connectivity index is 1.69. The fourth-order valence-corrected chi connectivity index (χ4v) is 3.63. The summed E-state index contributed by atoms with van der Waals surface area (Å²) in [5, 5.41) is 4.90. The van der Waals surface area contributed by atoms with Gasteiger partial charge in [0, 0.05) is 49.8 Å². The molecule has 0 atom stereocenters. The summed E-state index contributed by atoms with van der Waals surface area (Å²) in [5.74, 6) is 0. The summed E-state index contributed by atoms with van der Waals surface area (Å²) in [6, 6.07) is 6.92. The van der Waals surface area contributed by atoms with Crippen LogP contribution < -0.4 is 5.32 Å². The van der Waals surface area contributed by atoms with Gasteiger partial charge in [0.25, 0.3) is 0 Å². The smallest absolute Gasteiger partial charge is 0.0483 e. The normalized spacial score (nSPS) is 16.3. The highest BCUT2D eigenvalue weighted by molar-refractivity contribution is 5.84. The van der Waals surface area contributed by atoms with Crippen LogP contribution in [0.4, 0.5) is 0 Å². The molecule has 2 heterocycles. The van der Waals surface area contributed by atoms with Crippen molar-refractivity contribution < 1.29 is 0 Å². The van der Waals surface area contributed by atoms with Gasteiger partial charge in [-0.15, -0.1) is 0 Å². The second kappa shape index (κ2) is 7.98. The highest BCUT2D eigenvalue weighted by Gasteiger charge is 2.11. The van der Waals surface area contributed by atoms with Gasteiger partial charge in [-0.1, -0.05) is 25.0 Å². The number of hydrogen-bond acceptors (Lipinski definition) is 2. The SMILES string of the molecule is CCCCn1cc(CCCN2CCNCC2)c2cc(C)ccc21.